The maximum atomic E-state index is 11.2. The third-order valence-corrected chi connectivity index (χ3v) is 6.42. The molecule has 1 heterocycles. The van der Waals surface area contributed by atoms with Crippen LogP contribution in [0.1, 0.15) is 64.0 Å². The number of hydrogen-bond acceptors (Lipinski definition) is 3. The lowest BCUT2D eigenvalue weighted by Crippen LogP contribution is -2.56. The molecule has 0 amide bonds. The Morgan fingerprint density at radius 2 is 1.86 bits per heavy atom. The van der Waals surface area contributed by atoms with E-state index in [4.69, 9.17) is 5.73 Å². The Labute approximate surface area is 127 Å². The molecule has 0 spiro atoms. The van der Waals surface area contributed by atoms with Crippen molar-refractivity contribution in [2.24, 2.45) is 22.2 Å². The average molecular weight is 286 g/mol. The number of hydrogen-bond donors (Lipinski definition) is 2. The van der Waals surface area contributed by atoms with Crippen molar-refractivity contribution in [3.63, 3.8) is 0 Å². The summed E-state index contributed by atoms with van der Waals surface area (Å²) in [6, 6.07) is 3.84. The van der Waals surface area contributed by atoms with E-state index in [2.05, 4.69) is 18.8 Å². The molecule has 0 aliphatic heterocycles. The number of nitrogen functional groups attached to an aromatic ring is 1. The van der Waals surface area contributed by atoms with Crippen molar-refractivity contribution in [2.45, 2.75) is 58.5 Å². The van der Waals surface area contributed by atoms with Crippen LogP contribution in [0.2, 0.25) is 0 Å². The van der Waals surface area contributed by atoms with Crippen molar-refractivity contribution in [2.75, 3.05) is 5.73 Å². The Morgan fingerprint density at radius 3 is 2.43 bits per heavy atom. The zero-order valence-corrected chi connectivity index (χ0v) is 13.1. The molecular weight excluding hydrogens is 260 g/mol. The molecule has 1 aromatic rings. The molecule has 114 valence electrons. The van der Waals surface area contributed by atoms with Gasteiger partial charge in [-0.25, -0.2) is 4.98 Å². The van der Waals surface area contributed by atoms with Gasteiger partial charge in [0.1, 0.15) is 5.82 Å². The lowest BCUT2D eigenvalue weighted by atomic mass is 9.39. The SMILES string of the molecule is CC12CC3CC(C)(C1)CC(C(O)c1cccnc1N)(C3)C2. The predicted octanol–water partition coefficient (Wildman–Crippen LogP) is 3.69. The third-order valence-electron chi connectivity index (χ3n) is 6.42. The molecule has 3 nitrogen and oxygen atoms in total. The Balaban J connectivity index is 1.76. The van der Waals surface area contributed by atoms with Crippen LogP contribution >= 0.6 is 0 Å². The lowest BCUT2D eigenvalue weighted by molar-refractivity contribution is -0.187. The Hall–Kier alpha value is -1.09. The second kappa shape index (κ2) is 4.01. The molecule has 21 heavy (non-hydrogen) atoms. The van der Waals surface area contributed by atoms with E-state index in [9.17, 15) is 5.11 Å². The molecule has 4 bridgehead atoms. The number of aliphatic hydroxyl groups is 1. The van der Waals surface area contributed by atoms with Crippen LogP contribution in [0.15, 0.2) is 18.3 Å². The molecule has 0 radical (unpaired) electrons. The van der Waals surface area contributed by atoms with E-state index in [1.807, 2.05) is 12.1 Å². The van der Waals surface area contributed by atoms with E-state index in [0.717, 1.165) is 30.7 Å². The molecule has 4 saturated carbocycles. The van der Waals surface area contributed by atoms with Crippen LogP contribution in [0.4, 0.5) is 5.82 Å². The highest BCUT2D eigenvalue weighted by Crippen LogP contribution is 2.72. The highest BCUT2D eigenvalue weighted by Gasteiger charge is 2.62. The van der Waals surface area contributed by atoms with Crippen LogP contribution < -0.4 is 5.73 Å². The molecule has 3 heteroatoms. The molecule has 3 N–H and O–H groups in total. The summed E-state index contributed by atoms with van der Waals surface area (Å²) in [4.78, 5) is 4.18. The summed E-state index contributed by atoms with van der Waals surface area (Å²) in [5.74, 6) is 1.28. The maximum Gasteiger partial charge on any atom is 0.129 e. The van der Waals surface area contributed by atoms with Crippen LogP contribution in [0.3, 0.4) is 0 Å². The highest BCUT2D eigenvalue weighted by atomic mass is 16.3. The fourth-order valence-electron chi connectivity index (χ4n) is 6.83. The molecule has 0 saturated heterocycles. The summed E-state index contributed by atoms with van der Waals surface area (Å²) < 4.78 is 0. The number of nitrogens with two attached hydrogens (primary N) is 1. The van der Waals surface area contributed by atoms with E-state index < -0.39 is 6.10 Å². The molecule has 1 aromatic heterocycles. The normalized spacial score (nSPS) is 45.8. The van der Waals surface area contributed by atoms with E-state index in [1.54, 1.807) is 6.20 Å². The van der Waals surface area contributed by atoms with Gasteiger partial charge in [0.05, 0.1) is 6.10 Å². The Morgan fingerprint density at radius 1 is 1.19 bits per heavy atom. The monoisotopic (exact) mass is 286 g/mol. The summed E-state index contributed by atoms with van der Waals surface area (Å²) in [7, 11) is 0. The number of aliphatic hydroxyl groups excluding tert-OH is 1. The summed E-state index contributed by atoms with van der Waals surface area (Å²) in [5.41, 5.74) is 7.71. The first-order valence-corrected chi connectivity index (χ1v) is 8.22. The minimum atomic E-state index is -0.465. The van der Waals surface area contributed by atoms with Crippen LogP contribution in [-0.2, 0) is 0 Å². The van der Waals surface area contributed by atoms with Crippen molar-refractivity contribution in [3.8, 4) is 0 Å². The van der Waals surface area contributed by atoms with Crippen LogP contribution in [0.25, 0.3) is 0 Å². The molecule has 4 fully saturated rings. The van der Waals surface area contributed by atoms with Crippen LogP contribution in [0, 0.1) is 22.2 Å². The lowest BCUT2D eigenvalue weighted by Gasteiger charge is -2.66. The number of aromatic nitrogens is 1. The molecule has 4 aliphatic carbocycles. The Bertz CT molecular complexity index is 566. The summed E-state index contributed by atoms with van der Waals surface area (Å²) >= 11 is 0. The van der Waals surface area contributed by atoms with Gasteiger partial charge >= 0.3 is 0 Å². The molecule has 3 atom stereocenters. The summed E-state index contributed by atoms with van der Waals surface area (Å²) in [5, 5.41) is 11.2. The van der Waals surface area contributed by atoms with E-state index in [1.165, 1.54) is 19.3 Å². The van der Waals surface area contributed by atoms with Gasteiger partial charge in [-0.1, -0.05) is 19.9 Å². The minimum Gasteiger partial charge on any atom is -0.388 e. The standard InChI is InChI=1S/C18H26N2O/c1-16-6-12-7-17(2,9-16)11-18(8-12,10-16)14(21)13-4-3-5-20-15(13)19/h3-5,12,14,21H,6-11H2,1-2H3,(H2,19,20). The number of nitrogens with zero attached hydrogens (tertiary/aromatic N) is 1. The van der Waals surface area contributed by atoms with Gasteiger partial charge in [0, 0.05) is 17.2 Å². The molecule has 4 aliphatic rings. The van der Waals surface area contributed by atoms with Gasteiger partial charge in [0.25, 0.3) is 0 Å². The maximum absolute atomic E-state index is 11.2. The van der Waals surface area contributed by atoms with Gasteiger partial charge in [0.2, 0.25) is 0 Å². The van der Waals surface area contributed by atoms with Gasteiger partial charge in [-0.2, -0.15) is 0 Å². The van der Waals surface area contributed by atoms with Gasteiger partial charge in [0.15, 0.2) is 0 Å². The zero-order valence-electron chi connectivity index (χ0n) is 13.1. The Kier molecular flexibility index (Phi) is 2.59. The smallest absolute Gasteiger partial charge is 0.129 e. The summed E-state index contributed by atoms with van der Waals surface area (Å²) in [6.07, 6.45) is 8.70. The van der Waals surface area contributed by atoms with Gasteiger partial charge in [-0.05, 0) is 61.3 Å². The number of rotatable bonds is 2. The predicted molar refractivity (Wildman–Crippen MR) is 83.4 cm³/mol. The van der Waals surface area contributed by atoms with Gasteiger partial charge < -0.3 is 10.8 Å². The molecule has 0 aromatic carbocycles. The molecule has 5 rings (SSSR count). The topological polar surface area (TPSA) is 59.1 Å². The van der Waals surface area contributed by atoms with E-state index in [-0.39, 0.29) is 5.41 Å². The van der Waals surface area contributed by atoms with Crippen molar-refractivity contribution < 1.29 is 5.11 Å². The van der Waals surface area contributed by atoms with E-state index in [0.29, 0.717) is 16.6 Å². The highest BCUT2D eigenvalue weighted by molar-refractivity contribution is 5.41. The average Bonchev–Trinajstić information content (AvgIpc) is 2.34. The largest absolute Gasteiger partial charge is 0.388 e. The van der Waals surface area contributed by atoms with E-state index >= 15 is 0 Å². The van der Waals surface area contributed by atoms with Crippen molar-refractivity contribution in [1.82, 2.24) is 4.98 Å². The van der Waals surface area contributed by atoms with Gasteiger partial charge in [-0.3, -0.25) is 0 Å². The van der Waals surface area contributed by atoms with Crippen LogP contribution in [-0.4, -0.2) is 10.1 Å². The number of anilines is 1. The molecular formula is C18H26N2O. The third kappa shape index (κ3) is 1.93. The summed E-state index contributed by atoms with van der Waals surface area (Å²) in [6.45, 7) is 4.87. The second-order valence-electron chi connectivity index (χ2n) is 8.87. The first kappa shape index (κ1) is 13.6. The van der Waals surface area contributed by atoms with Crippen molar-refractivity contribution >= 4 is 5.82 Å². The fourth-order valence-corrected chi connectivity index (χ4v) is 6.83. The second-order valence-corrected chi connectivity index (χ2v) is 8.87. The number of pyridine rings is 1. The minimum absolute atomic E-state index is 0.0140. The first-order valence-electron chi connectivity index (χ1n) is 8.22. The molecule has 3 unspecified atom stereocenters. The first-order chi connectivity index (χ1) is 9.83. The fraction of sp³-hybridized carbons (Fsp3) is 0.722. The van der Waals surface area contributed by atoms with Crippen molar-refractivity contribution in [1.29, 1.82) is 0 Å². The quantitative estimate of drug-likeness (QED) is 0.871. The van der Waals surface area contributed by atoms with Crippen LogP contribution in [0.5, 0.6) is 0 Å². The zero-order chi connectivity index (χ0) is 14.9. The van der Waals surface area contributed by atoms with Gasteiger partial charge in [-0.15, -0.1) is 0 Å². The van der Waals surface area contributed by atoms with Crippen molar-refractivity contribution in [3.05, 3.63) is 23.9 Å².